The molecule has 1 aliphatic carbocycles. The van der Waals surface area contributed by atoms with Crippen LogP contribution in [0, 0.1) is 0 Å². The van der Waals surface area contributed by atoms with Gasteiger partial charge >= 0.3 is 5.97 Å². The summed E-state index contributed by atoms with van der Waals surface area (Å²) in [4.78, 5) is 10.9. The van der Waals surface area contributed by atoms with Gasteiger partial charge in [0.05, 0.1) is 0 Å². The molecule has 0 aliphatic heterocycles. The summed E-state index contributed by atoms with van der Waals surface area (Å²) in [6.07, 6.45) is 5.05. The number of carbonyl (C=O) groups is 1. The van der Waals surface area contributed by atoms with E-state index in [9.17, 15) is 4.79 Å². The highest BCUT2D eigenvalue weighted by atomic mass is 16.4. The van der Waals surface area contributed by atoms with E-state index in [4.69, 9.17) is 5.11 Å². The quantitative estimate of drug-likeness (QED) is 0.597. The average molecular weight is 210 g/mol. The van der Waals surface area contributed by atoms with Crippen LogP contribution in [0.2, 0.25) is 0 Å². The van der Waals surface area contributed by atoms with E-state index in [-0.39, 0.29) is 5.70 Å². The second kappa shape index (κ2) is 5.56. The molecule has 0 heterocycles. The summed E-state index contributed by atoms with van der Waals surface area (Å²) >= 11 is 0. The number of likely N-dealkylation sites (N-methyl/N-ethyl adjacent to an activating group) is 1. The van der Waals surface area contributed by atoms with E-state index in [0.29, 0.717) is 6.54 Å². The molecule has 15 heavy (non-hydrogen) atoms. The summed E-state index contributed by atoms with van der Waals surface area (Å²) in [5, 5.41) is 14.8. The van der Waals surface area contributed by atoms with Crippen LogP contribution in [0.5, 0.6) is 0 Å². The molecule has 1 aliphatic rings. The Morgan fingerprint density at radius 2 is 2.20 bits per heavy atom. The zero-order valence-corrected chi connectivity index (χ0v) is 9.26. The van der Waals surface area contributed by atoms with Gasteiger partial charge in [-0.3, -0.25) is 0 Å². The first-order chi connectivity index (χ1) is 7.15. The van der Waals surface area contributed by atoms with Crippen LogP contribution < -0.4 is 10.6 Å². The molecule has 1 fully saturated rings. The molecule has 0 aromatic rings. The number of hydrogen-bond acceptors (Lipinski definition) is 3. The average Bonchev–Trinajstić information content (AvgIpc) is 2.08. The Bertz CT molecular complexity index is 300. The van der Waals surface area contributed by atoms with Crippen molar-refractivity contribution in [1.82, 2.24) is 10.6 Å². The van der Waals surface area contributed by atoms with Crippen molar-refractivity contribution in [2.24, 2.45) is 0 Å². The van der Waals surface area contributed by atoms with Gasteiger partial charge in [-0.15, -0.1) is 0 Å². The van der Waals surface area contributed by atoms with Crippen LogP contribution >= 0.6 is 0 Å². The second-order valence-corrected chi connectivity index (χ2v) is 3.69. The molecule has 1 saturated carbocycles. The van der Waals surface area contributed by atoms with Gasteiger partial charge in [0.2, 0.25) is 0 Å². The van der Waals surface area contributed by atoms with E-state index in [1.165, 1.54) is 12.0 Å². The van der Waals surface area contributed by atoms with Crippen molar-refractivity contribution in [2.75, 3.05) is 13.6 Å². The summed E-state index contributed by atoms with van der Waals surface area (Å²) < 4.78 is 0. The number of carboxylic acids is 1. The molecular formula is C11H18N2O2. The molecule has 3 N–H and O–H groups in total. The predicted octanol–water partition coefficient (Wildman–Crippen LogP) is 1.22. The smallest absolute Gasteiger partial charge is 0.352 e. The van der Waals surface area contributed by atoms with Gasteiger partial charge in [0.15, 0.2) is 0 Å². The van der Waals surface area contributed by atoms with E-state index < -0.39 is 5.97 Å². The van der Waals surface area contributed by atoms with Gasteiger partial charge < -0.3 is 15.7 Å². The topological polar surface area (TPSA) is 61.4 Å². The lowest BCUT2D eigenvalue weighted by Gasteiger charge is -2.21. The van der Waals surface area contributed by atoms with Crippen molar-refractivity contribution >= 4 is 5.97 Å². The molecule has 4 heteroatoms. The molecule has 0 aromatic heterocycles. The third-order valence-electron chi connectivity index (χ3n) is 2.55. The SMILES string of the molecule is CNC/C=C(\NC(C)=C1CCC1)C(=O)O. The fraction of sp³-hybridized carbons (Fsp3) is 0.545. The molecule has 4 nitrogen and oxygen atoms in total. The van der Waals surface area contributed by atoms with E-state index >= 15 is 0 Å². The number of hydrogen-bond donors (Lipinski definition) is 3. The minimum absolute atomic E-state index is 0.251. The van der Waals surface area contributed by atoms with Crippen LogP contribution in [0.3, 0.4) is 0 Å². The molecule has 0 amide bonds. The molecule has 0 radical (unpaired) electrons. The summed E-state index contributed by atoms with van der Waals surface area (Å²) in [5.74, 6) is -0.912. The highest BCUT2D eigenvalue weighted by Gasteiger charge is 2.14. The first kappa shape index (κ1) is 11.8. The van der Waals surface area contributed by atoms with Crippen LogP contribution in [-0.4, -0.2) is 24.7 Å². The Kier molecular flexibility index (Phi) is 4.37. The van der Waals surface area contributed by atoms with E-state index in [0.717, 1.165) is 18.5 Å². The summed E-state index contributed by atoms with van der Waals surface area (Å²) in [6.45, 7) is 2.49. The Morgan fingerprint density at radius 1 is 1.53 bits per heavy atom. The zero-order chi connectivity index (χ0) is 11.3. The second-order valence-electron chi connectivity index (χ2n) is 3.69. The van der Waals surface area contributed by atoms with Gasteiger partial charge in [-0.05, 0) is 39.3 Å². The third kappa shape index (κ3) is 3.40. The lowest BCUT2D eigenvalue weighted by Crippen LogP contribution is -2.22. The standard InChI is InChI=1S/C11H18N2O2/c1-8(9-4-3-5-9)13-10(11(14)15)6-7-12-2/h6,12-13H,3-5,7H2,1-2H3,(H,14,15)/b10-6-. The maximum atomic E-state index is 10.9. The summed E-state index contributed by atoms with van der Waals surface area (Å²) in [6, 6.07) is 0. The van der Waals surface area contributed by atoms with Gasteiger partial charge in [-0.1, -0.05) is 5.57 Å². The summed E-state index contributed by atoms with van der Waals surface area (Å²) in [7, 11) is 1.78. The first-order valence-electron chi connectivity index (χ1n) is 5.19. The lowest BCUT2D eigenvalue weighted by atomic mass is 9.91. The van der Waals surface area contributed by atoms with Crippen LogP contribution in [0.25, 0.3) is 0 Å². The van der Waals surface area contributed by atoms with Crippen LogP contribution in [-0.2, 0) is 4.79 Å². The number of allylic oxidation sites excluding steroid dienone is 2. The fourth-order valence-corrected chi connectivity index (χ4v) is 1.41. The highest BCUT2D eigenvalue weighted by molar-refractivity contribution is 5.86. The van der Waals surface area contributed by atoms with Crippen LogP contribution in [0.4, 0.5) is 0 Å². The Hall–Kier alpha value is -1.29. The number of aliphatic carboxylic acids is 1. The molecule has 84 valence electrons. The van der Waals surface area contributed by atoms with Crippen molar-refractivity contribution in [3.8, 4) is 0 Å². The van der Waals surface area contributed by atoms with Crippen LogP contribution in [0.1, 0.15) is 26.2 Å². The molecular weight excluding hydrogens is 192 g/mol. The molecule has 0 atom stereocenters. The minimum Gasteiger partial charge on any atom is -0.477 e. The lowest BCUT2D eigenvalue weighted by molar-refractivity contribution is -0.133. The van der Waals surface area contributed by atoms with Crippen molar-refractivity contribution in [1.29, 1.82) is 0 Å². The maximum Gasteiger partial charge on any atom is 0.352 e. The zero-order valence-electron chi connectivity index (χ0n) is 9.26. The summed E-state index contributed by atoms with van der Waals surface area (Å²) in [5.41, 5.74) is 2.58. The Morgan fingerprint density at radius 3 is 2.60 bits per heavy atom. The Balaban J connectivity index is 2.62. The largest absolute Gasteiger partial charge is 0.477 e. The number of carboxylic acid groups (broad SMARTS) is 1. The van der Waals surface area contributed by atoms with Gasteiger partial charge in [-0.25, -0.2) is 4.79 Å². The number of rotatable bonds is 5. The molecule has 0 unspecified atom stereocenters. The van der Waals surface area contributed by atoms with Gasteiger partial charge in [0, 0.05) is 12.2 Å². The molecule has 0 saturated heterocycles. The molecule has 0 spiro atoms. The van der Waals surface area contributed by atoms with Crippen molar-refractivity contribution in [3.05, 3.63) is 23.0 Å². The maximum absolute atomic E-state index is 10.9. The monoisotopic (exact) mass is 210 g/mol. The van der Waals surface area contributed by atoms with Gasteiger partial charge in [0.25, 0.3) is 0 Å². The van der Waals surface area contributed by atoms with E-state index in [1.54, 1.807) is 13.1 Å². The van der Waals surface area contributed by atoms with E-state index in [2.05, 4.69) is 10.6 Å². The third-order valence-corrected chi connectivity index (χ3v) is 2.55. The fourth-order valence-electron chi connectivity index (χ4n) is 1.41. The minimum atomic E-state index is -0.912. The van der Waals surface area contributed by atoms with Gasteiger partial charge in [0.1, 0.15) is 5.70 Å². The van der Waals surface area contributed by atoms with Crippen molar-refractivity contribution in [3.63, 3.8) is 0 Å². The molecule has 1 rings (SSSR count). The van der Waals surface area contributed by atoms with Crippen molar-refractivity contribution < 1.29 is 9.90 Å². The normalized spacial score (nSPS) is 15.9. The van der Waals surface area contributed by atoms with Gasteiger partial charge in [-0.2, -0.15) is 0 Å². The molecule has 0 aromatic carbocycles. The van der Waals surface area contributed by atoms with Crippen molar-refractivity contribution in [2.45, 2.75) is 26.2 Å². The van der Waals surface area contributed by atoms with E-state index in [1.807, 2.05) is 6.92 Å². The predicted molar refractivity (Wildman–Crippen MR) is 59.3 cm³/mol. The molecule has 0 bridgehead atoms. The van der Waals surface area contributed by atoms with Crippen LogP contribution in [0.15, 0.2) is 23.0 Å². The first-order valence-corrected chi connectivity index (χ1v) is 5.19. The Labute approximate surface area is 90.1 Å². The number of nitrogens with one attached hydrogen (secondary N) is 2. The highest BCUT2D eigenvalue weighted by Crippen LogP contribution is 2.27.